The Labute approximate surface area is 243 Å². The van der Waals surface area contributed by atoms with Crippen molar-refractivity contribution in [3.8, 4) is 0 Å². The fourth-order valence-electron chi connectivity index (χ4n) is 5.41. The second kappa shape index (κ2) is 12.7. The molecule has 0 spiro atoms. The van der Waals surface area contributed by atoms with E-state index in [2.05, 4.69) is 35.2 Å². The first-order valence-corrected chi connectivity index (χ1v) is 14.6. The number of carbonyl (C=O) groups excluding carboxylic acids is 3. The highest BCUT2D eigenvalue weighted by Crippen LogP contribution is 2.33. The highest BCUT2D eigenvalue weighted by atomic mass is 16.6. The van der Waals surface area contributed by atoms with Gasteiger partial charge in [-0.3, -0.25) is 4.79 Å². The van der Waals surface area contributed by atoms with Crippen LogP contribution in [0.5, 0.6) is 0 Å². The molecule has 2 aliphatic rings. The molecule has 2 heterocycles. The highest BCUT2D eigenvalue weighted by molar-refractivity contribution is 6.13. The van der Waals surface area contributed by atoms with Crippen molar-refractivity contribution in [3.05, 3.63) is 70.8 Å². The van der Waals surface area contributed by atoms with Crippen molar-refractivity contribution < 1.29 is 28.6 Å². The van der Waals surface area contributed by atoms with E-state index < -0.39 is 29.3 Å². The summed E-state index contributed by atoms with van der Waals surface area (Å²) in [6, 6.07) is 16.1. The summed E-state index contributed by atoms with van der Waals surface area (Å²) in [5.74, 6) is -0.156. The number of carbonyl (C=O) groups is 3. The monoisotopic (exact) mass is 564 g/mol. The van der Waals surface area contributed by atoms with E-state index in [0.717, 1.165) is 50.0 Å². The van der Waals surface area contributed by atoms with Crippen molar-refractivity contribution >= 4 is 18.1 Å². The van der Waals surface area contributed by atoms with Gasteiger partial charge in [0.25, 0.3) is 5.91 Å². The molecule has 1 atom stereocenters. The van der Waals surface area contributed by atoms with Gasteiger partial charge in [0.15, 0.2) is 0 Å². The van der Waals surface area contributed by atoms with Gasteiger partial charge in [0.2, 0.25) is 0 Å². The molecule has 0 aromatic heterocycles. The molecule has 1 fully saturated rings. The highest BCUT2D eigenvalue weighted by Gasteiger charge is 2.37. The molecule has 2 aromatic rings. The van der Waals surface area contributed by atoms with Crippen LogP contribution in [0.2, 0.25) is 0 Å². The van der Waals surface area contributed by atoms with Gasteiger partial charge in [0.1, 0.15) is 11.2 Å². The number of piperidine rings is 1. The zero-order valence-electron chi connectivity index (χ0n) is 25.3. The van der Waals surface area contributed by atoms with Crippen molar-refractivity contribution in [2.75, 3.05) is 26.2 Å². The van der Waals surface area contributed by atoms with Gasteiger partial charge >= 0.3 is 12.2 Å². The second-order valence-corrected chi connectivity index (χ2v) is 12.9. The summed E-state index contributed by atoms with van der Waals surface area (Å²) in [6.45, 7) is 13.7. The summed E-state index contributed by atoms with van der Waals surface area (Å²) in [4.78, 5) is 42.3. The molecule has 2 aliphatic heterocycles. The van der Waals surface area contributed by atoms with E-state index in [1.807, 2.05) is 6.07 Å². The summed E-state index contributed by atoms with van der Waals surface area (Å²) >= 11 is 0. The Balaban J connectivity index is 1.42. The smallest absolute Gasteiger partial charge is 0.427 e. The average Bonchev–Trinajstić information content (AvgIpc) is 2.90. The van der Waals surface area contributed by atoms with E-state index in [9.17, 15) is 14.4 Å². The first kappa shape index (κ1) is 30.7. The maximum absolute atomic E-state index is 13.5. The lowest BCUT2D eigenvalue weighted by Crippen LogP contribution is -2.47. The number of amides is 3. The van der Waals surface area contributed by atoms with Crippen LogP contribution in [0.25, 0.3) is 0 Å². The molecule has 0 N–H and O–H groups in total. The molecule has 222 valence electrons. The molecule has 0 saturated carbocycles. The van der Waals surface area contributed by atoms with E-state index in [1.165, 1.54) is 5.56 Å². The van der Waals surface area contributed by atoms with E-state index in [0.29, 0.717) is 23.8 Å². The van der Waals surface area contributed by atoms with Crippen LogP contribution in [0, 0.1) is 0 Å². The summed E-state index contributed by atoms with van der Waals surface area (Å²) in [6.07, 6.45) is 1.63. The van der Waals surface area contributed by atoms with Crippen molar-refractivity contribution in [1.82, 2.24) is 9.80 Å². The summed E-state index contributed by atoms with van der Waals surface area (Å²) in [7, 11) is 0. The Kier molecular flexibility index (Phi) is 9.55. The number of ether oxygens (including phenoxy) is 3. The Morgan fingerprint density at radius 3 is 2.10 bits per heavy atom. The number of rotatable bonds is 5. The van der Waals surface area contributed by atoms with Crippen molar-refractivity contribution in [2.24, 2.45) is 0 Å². The molecule has 0 radical (unpaired) electrons. The summed E-state index contributed by atoms with van der Waals surface area (Å²) in [5.41, 5.74) is 1.91. The quantitative estimate of drug-likeness (QED) is 0.391. The molecular formula is C33H44N2O6. The van der Waals surface area contributed by atoms with Crippen LogP contribution in [0.4, 0.5) is 9.59 Å². The maximum atomic E-state index is 13.5. The van der Waals surface area contributed by atoms with Gasteiger partial charge in [-0.1, -0.05) is 36.4 Å². The molecule has 8 heteroatoms. The number of imide groups is 3. The predicted molar refractivity (Wildman–Crippen MR) is 157 cm³/mol. The van der Waals surface area contributed by atoms with Crippen LogP contribution >= 0.6 is 0 Å². The SMILES string of the molecule is CC(C)(C)OC(=O)N(C(=O)OC(C)(C)C)C(=O)c1ccc2c(c1)CCOC2CCN1CCC(c2ccccc2)CC1. The lowest BCUT2D eigenvalue weighted by Gasteiger charge is -2.34. The second-order valence-electron chi connectivity index (χ2n) is 12.9. The molecule has 0 bridgehead atoms. The minimum atomic E-state index is -1.06. The Morgan fingerprint density at radius 2 is 1.51 bits per heavy atom. The Morgan fingerprint density at radius 1 is 0.902 bits per heavy atom. The third-order valence-corrected chi connectivity index (χ3v) is 7.35. The van der Waals surface area contributed by atoms with Gasteiger partial charge in [-0.05, 0) is 115 Å². The number of hydrogen-bond acceptors (Lipinski definition) is 7. The number of hydrogen-bond donors (Lipinski definition) is 0. The summed E-state index contributed by atoms with van der Waals surface area (Å²) < 4.78 is 16.9. The number of nitrogens with zero attached hydrogens (tertiary/aromatic N) is 2. The minimum Gasteiger partial charge on any atom is -0.443 e. The average molecular weight is 565 g/mol. The molecule has 8 nitrogen and oxygen atoms in total. The molecular weight excluding hydrogens is 520 g/mol. The number of fused-ring (bicyclic) bond motifs is 1. The van der Waals surface area contributed by atoms with E-state index >= 15 is 0 Å². The lowest BCUT2D eigenvalue weighted by atomic mass is 9.89. The molecule has 0 aliphatic carbocycles. The van der Waals surface area contributed by atoms with Crippen LogP contribution in [0.1, 0.15) is 99.9 Å². The first-order chi connectivity index (χ1) is 19.3. The largest absolute Gasteiger partial charge is 0.443 e. The van der Waals surface area contributed by atoms with Gasteiger partial charge in [0.05, 0.1) is 12.7 Å². The third kappa shape index (κ3) is 8.39. The van der Waals surface area contributed by atoms with Gasteiger partial charge < -0.3 is 19.1 Å². The van der Waals surface area contributed by atoms with Gasteiger partial charge in [-0.15, -0.1) is 4.90 Å². The fraction of sp³-hybridized carbons (Fsp3) is 0.545. The standard InChI is InChI=1S/C33H44N2O6/c1-32(2,3)40-30(37)35(31(38)41-33(4,5)6)29(36)26-12-13-27-25(22-26)17-21-39-28(27)16-20-34-18-14-24(15-19-34)23-10-8-7-9-11-23/h7-13,22,24,28H,14-21H2,1-6H3. The Bertz CT molecular complexity index is 1190. The lowest BCUT2D eigenvalue weighted by molar-refractivity contribution is 0.00388. The molecule has 4 rings (SSSR count). The van der Waals surface area contributed by atoms with E-state index in [1.54, 1.807) is 53.7 Å². The van der Waals surface area contributed by atoms with E-state index in [4.69, 9.17) is 14.2 Å². The van der Waals surface area contributed by atoms with Gasteiger partial charge in [0, 0.05) is 12.1 Å². The van der Waals surface area contributed by atoms with Crippen LogP contribution in [0.15, 0.2) is 48.5 Å². The molecule has 2 aromatic carbocycles. The van der Waals surface area contributed by atoms with Gasteiger partial charge in [-0.25, -0.2) is 9.59 Å². The number of likely N-dealkylation sites (tertiary alicyclic amines) is 1. The van der Waals surface area contributed by atoms with Crippen molar-refractivity contribution in [3.63, 3.8) is 0 Å². The molecule has 3 amide bonds. The minimum absolute atomic E-state index is 0.0671. The van der Waals surface area contributed by atoms with Crippen LogP contribution < -0.4 is 0 Å². The molecule has 41 heavy (non-hydrogen) atoms. The van der Waals surface area contributed by atoms with Gasteiger partial charge in [-0.2, -0.15) is 0 Å². The van der Waals surface area contributed by atoms with E-state index in [-0.39, 0.29) is 11.7 Å². The number of benzene rings is 2. The fourth-order valence-corrected chi connectivity index (χ4v) is 5.41. The van der Waals surface area contributed by atoms with Crippen LogP contribution in [-0.2, 0) is 20.6 Å². The third-order valence-electron chi connectivity index (χ3n) is 7.35. The van der Waals surface area contributed by atoms with Crippen molar-refractivity contribution in [1.29, 1.82) is 0 Å². The van der Waals surface area contributed by atoms with Crippen LogP contribution in [-0.4, -0.2) is 65.3 Å². The maximum Gasteiger partial charge on any atom is 0.427 e. The normalized spacial score (nSPS) is 18.3. The zero-order valence-corrected chi connectivity index (χ0v) is 25.3. The molecule has 1 saturated heterocycles. The zero-order chi connectivity index (χ0) is 29.8. The first-order valence-electron chi connectivity index (χ1n) is 14.6. The Hall–Kier alpha value is -3.23. The molecule has 1 unspecified atom stereocenters. The topological polar surface area (TPSA) is 85.4 Å². The predicted octanol–water partition coefficient (Wildman–Crippen LogP) is 6.88. The van der Waals surface area contributed by atoms with Crippen LogP contribution in [0.3, 0.4) is 0 Å². The van der Waals surface area contributed by atoms with Crippen molar-refractivity contribution in [2.45, 2.75) is 90.4 Å². The summed E-state index contributed by atoms with van der Waals surface area (Å²) in [5, 5.41) is 0.